The van der Waals surface area contributed by atoms with Crippen molar-refractivity contribution in [2.75, 3.05) is 57.4 Å². The fourth-order valence-corrected chi connectivity index (χ4v) is 6.47. The van der Waals surface area contributed by atoms with Crippen molar-refractivity contribution in [1.29, 1.82) is 0 Å². The Kier molecular flexibility index (Phi) is 6.76. The van der Waals surface area contributed by atoms with E-state index in [0.29, 0.717) is 58.1 Å². The standard InChI is InChI=1S/C24H27N7O4S2/c32-21(29-6-8-31(9-7-29)37(33)34)5-4-16-14-20-22(36-16)24(30-10-12-35-13-11-30)27-23(26-20)17-2-1-3-19-18(17)15-25-28-19/h1-3,14-15,37H,4-13H2,(H,25,28). The largest absolute Gasteiger partial charge is 0.378 e. The monoisotopic (exact) mass is 541 g/mol. The molecular weight excluding hydrogens is 514 g/mol. The molecule has 37 heavy (non-hydrogen) atoms. The fraction of sp³-hybridized carbons (Fsp3) is 0.417. The van der Waals surface area contributed by atoms with Crippen LogP contribution in [0.3, 0.4) is 0 Å². The summed E-state index contributed by atoms with van der Waals surface area (Å²) in [5, 5.41) is 8.17. The molecule has 0 bridgehead atoms. The van der Waals surface area contributed by atoms with Crippen molar-refractivity contribution in [3.05, 3.63) is 35.3 Å². The second-order valence-corrected chi connectivity index (χ2v) is 11.3. The maximum atomic E-state index is 12.8. The number of piperazine rings is 1. The fourth-order valence-electron chi connectivity index (χ4n) is 4.86. The van der Waals surface area contributed by atoms with Crippen LogP contribution in [-0.2, 0) is 26.8 Å². The lowest BCUT2D eigenvalue weighted by Crippen LogP contribution is -2.48. The number of fused-ring (bicyclic) bond motifs is 2. The molecule has 2 aliphatic heterocycles. The van der Waals surface area contributed by atoms with E-state index in [9.17, 15) is 13.2 Å². The average Bonchev–Trinajstić information content (AvgIpc) is 3.58. The van der Waals surface area contributed by atoms with E-state index in [1.165, 1.54) is 4.31 Å². The zero-order valence-electron chi connectivity index (χ0n) is 20.1. The Morgan fingerprint density at radius 3 is 2.68 bits per heavy atom. The van der Waals surface area contributed by atoms with Crippen LogP contribution in [0.2, 0.25) is 0 Å². The summed E-state index contributed by atoms with van der Waals surface area (Å²) < 4.78 is 30.3. The second-order valence-electron chi connectivity index (χ2n) is 9.11. The number of morpholine rings is 1. The number of aryl methyl sites for hydroxylation is 1. The smallest absolute Gasteiger partial charge is 0.223 e. The van der Waals surface area contributed by atoms with E-state index in [0.717, 1.165) is 50.5 Å². The number of rotatable bonds is 6. The zero-order chi connectivity index (χ0) is 25.4. The number of benzene rings is 1. The number of amides is 1. The molecule has 2 fully saturated rings. The number of nitrogens with zero attached hydrogens (tertiary/aromatic N) is 6. The van der Waals surface area contributed by atoms with Crippen molar-refractivity contribution in [2.24, 2.45) is 0 Å². The highest BCUT2D eigenvalue weighted by atomic mass is 32.2. The van der Waals surface area contributed by atoms with E-state index in [1.54, 1.807) is 22.4 Å². The van der Waals surface area contributed by atoms with Crippen molar-refractivity contribution in [3.63, 3.8) is 0 Å². The number of carbonyl (C=O) groups is 1. The molecule has 0 spiro atoms. The van der Waals surface area contributed by atoms with E-state index in [1.807, 2.05) is 18.2 Å². The summed E-state index contributed by atoms with van der Waals surface area (Å²) in [7, 11) is -2.58. The summed E-state index contributed by atoms with van der Waals surface area (Å²) in [6, 6.07) is 8.03. The summed E-state index contributed by atoms with van der Waals surface area (Å²) in [5.41, 5.74) is 2.72. The van der Waals surface area contributed by atoms with E-state index >= 15 is 0 Å². The summed E-state index contributed by atoms with van der Waals surface area (Å²) in [4.78, 5) is 27.9. The number of thiophene rings is 1. The van der Waals surface area contributed by atoms with E-state index in [-0.39, 0.29) is 5.91 Å². The number of aromatic nitrogens is 4. The van der Waals surface area contributed by atoms with Crippen molar-refractivity contribution >= 4 is 55.1 Å². The molecule has 1 aromatic carbocycles. The van der Waals surface area contributed by atoms with Crippen LogP contribution < -0.4 is 4.90 Å². The first-order valence-electron chi connectivity index (χ1n) is 12.3. The summed E-state index contributed by atoms with van der Waals surface area (Å²) >= 11 is 1.63. The van der Waals surface area contributed by atoms with Gasteiger partial charge in [0, 0.05) is 61.5 Å². The minimum Gasteiger partial charge on any atom is -0.378 e. The number of carbonyl (C=O) groups excluding carboxylic acids is 1. The minimum atomic E-state index is -2.58. The maximum absolute atomic E-state index is 12.8. The molecule has 1 amide bonds. The zero-order valence-corrected chi connectivity index (χ0v) is 21.8. The molecule has 13 heteroatoms. The molecule has 4 aromatic rings. The van der Waals surface area contributed by atoms with Crippen LogP contribution in [0.1, 0.15) is 11.3 Å². The molecule has 1 N–H and O–H groups in total. The van der Waals surface area contributed by atoms with Gasteiger partial charge in [-0.25, -0.2) is 22.7 Å². The molecule has 0 radical (unpaired) electrons. The molecule has 5 heterocycles. The van der Waals surface area contributed by atoms with Gasteiger partial charge in [-0.05, 0) is 18.6 Å². The molecule has 2 saturated heterocycles. The van der Waals surface area contributed by atoms with Crippen LogP contribution in [0.4, 0.5) is 5.82 Å². The minimum absolute atomic E-state index is 0.0463. The predicted octanol–water partition coefficient (Wildman–Crippen LogP) is 1.67. The highest BCUT2D eigenvalue weighted by Gasteiger charge is 2.24. The van der Waals surface area contributed by atoms with Crippen LogP contribution in [0.5, 0.6) is 0 Å². The van der Waals surface area contributed by atoms with Crippen LogP contribution >= 0.6 is 11.3 Å². The number of ether oxygens (including phenoxy) is 1. The predicted molar refractivity (Wildman–Crippen MR) is 142 cm³/mol. The van der Waals surface area contributed by atoms with Crippen LogP contribution in [0.25, 0.3) is 32.5 Å². The molecule has 0 unspecified atom stereocenters. The number of nitrogens with one attached hydrogen (secondary N) is 1. The van der Waals surface area contributed by atoms with Gasteiger partial charge in [0.25, 0.3) is 0 Å². The van der Waals surface area contributed by atoms with Gasteiger partial charge in [-0.3, -0.25) is 9.89 Å². The molecule has 0 saturated carbocycles. The van der Waals surface area contributed by atoms with Crippen molar-refractivity contribution in [2.45, 2.75) is 12.8 Å². The number of H-pyrrole nitrogens is 1. The Morgan fingerprint density at radius 2 is 1.89 bits per heavy atom. The third kappa shape index (κ3) is 4.91. The lowest BCUT2D eigenvalue weighted by molar-refractivity contribution is -0.132. The van der Waals surface area contributed by atoms with Gasteiger partial charge in [-0.15, -0.1) is 11.3 Å². The van der Waals surface area contributed by atoms with Crippen LogP contribution in [0.15, 0.2) is 30.5 Å². The first kappa shape index (κ1) is 24.2. The molecule has 6 rings (SSSR count). The van der Waals surface area contributed by atoms with Crippen molar-refractivity contribution in [1.82, 2.24) is 29.4 Å². The molecule has 2 aliphatic rings. The molecule has 3 aromatic heterocycles. The number of aromatic amines is 1. The molecular formula is C24H27N7O4S2. The van der Waals surface area contributed by atoms with E-state index in [4.69, 9.17) is 14.7 Å². The van der Waals surface area contributed by atoms with E-state index in [2.05, 4.69) is 21.2 Å². The highest BCUT2D eigenvalue weighted by molar-refractivity contribution is 7.69. The summed E-state index contributed by atoms with van der Waals surface area (Å²) in [5.74, 6) is 1.59. The maximum Gasteiger partial charge on any atom is 0.223 e. The van der Waals surface area contributed by atoms with E-state index < -0.39 is 10.9 Å². The Morgan fingerprint density at radius 1 is 1.08 bits per heavy atom. The molecule has 194 valence electrons. The van der Waals surface area contributed by atoms with Gasteiger partial charge < -0.3 is 14.5 Å². The summed E-state index contributed by atoms with van der Waals surface area (Å²) in [6.07, 6.45) is 2.77. The van der Waals surface area contributed by atoms with Gasteiger partial charge in [0.2, 0.25) is 16.8 Å². The first-order chi connectivity index (χ1) is 18.1. The quantitative estimate of drug-likeness (QED) is 0.353. The average molecular weight is 542 g/mol. The Balaban J connectivity index is 1.28. The number of thiol groups is 1. The van der Waals surface area contributed by atoms with Crippen LogP contribution in [0, 0.1) is 0 Å². The molecule has 0 atom stereocenters. The van der Waals surface area contributed by atoms with Gasteiger partial charge in [-0.2, -0.15) is 5.10 Å². The number of hydrogen-bond acceptors (Lipinski definition) is 9. The third-order valence-electron chi connectivity index (χ3n) is 6.87. The Bertz CT molecular complexity index is 1510. The number of hydrogen-bond donors (Lipinski definition) is 2. The molecule has 11 nitrogen and oxygen atoms in total. The highest BCUT2D eigenvalue weighted by Crippen LogP contribution is 2.36. The van der Waals surface area contributed by atoms with Crippen LogP contribution in [-0.4, -0.2) is 96.2 Å². The Hall–Kier alpha value is -3.13. The SMILES string of the molecule is O=C(CCc1cc2nc(-c3cccc4[nH]ncc34)nc(N3CCOCC3)c2s1)N1CCN([SH](=O)=O)CC1. The lowest BCUT2D eigenvalue weighted by Gasteiger charge is -2.31. The first-order valence-corrected chi connectivity index (χ1v) is 14.2. The molecule has 0 aliphatic carbocycles. The van der Waals surface area contributed by atoms with Crippen molar-refractivity contribution < 1.29 is 17.9 Å². The lowest BCUT2D eigenvalue weighted by atomic mass is 10.1. The topological polar surface area (TPSA) is 125 Å². The Labute approximate surface area is 219 Å². The van der Waals surface area contributed by atoms with Gasteiger partial charge in [0.15, 0.2) is 11.6 Å². The summed E-state index contributed by atoms with van der Waals surface area (Å²) in [6.45, 7) is 4.41. The number of anilines is 1. The van der Waals surface area contributed by atoms with Gasteiger partial charge in [-0.1, -0.05) is 12.1 Å². The van der Waals surface area contributed by atoms with Crippen molar-refractivity contribution in [3.8, 4) is 11.4 Å². The van der Waals surface area contributed by atoms with Gasteiger partial charge >= 0.3 is 0 Å². The normalized spacial score (nSPS) is 17.3. The van der Waals surface area contributed by atoms with Gasteiger partial charge in [0.1, 0.15) is 0 Å². The second kappa shape index (κ2) is 10.3. The third-order valence-corrected chi connectivity index (χ3v) is 8.91. The van der Waals surface area contributed by atoms with Gasteiger partial charge in [0.05, 0.1) is 35.1 Å².